The zero-order chi connectivity index (χ0) is 15.6. The molecule has 1 aliphatic heterocycles. The molecule has 0 saturated carbocycles. The predicted octanol–water partition coefficient (Wildman–Crippen LogP) is 3.23. The average molecular weight is 300 g/mol. The second-order valence-electron chi connectivity index (χ2n) is 5.77. The van der Waals surface area contributed by atoms with Crippen LogP contribution in [-0.4, -0.2) is 23.6 Å². The third kappa shape index (κ3) is 3.97. The molecule has 1 fully saturated rings. The van der Waals surface area contributed by atoms with Crippen LogP contribution in [0.4, 0.5) is 13.2 Å². The molecule has 2 rings (SSSR count). The Morgan fingerprint density at radius 3 is 2.57 bits per heavy atom. The van der Waals surface area contributed by atoms with Crippen molar-refractivity contribution >= 4 is 5.91 Å². The Hall–Kier alpha value is -1.56. The number of carbonyl (C=O) groups excluding carboxylic acids is 1. The molecule has 21 heavy (non-hydrogen) atoms. The fraction of sp³-hybridized carbons (Fsp3) is 0.533. The molecule has 1 saturated heterocycles. The van der Waals surface area contributed by atoms with Crippen LogP contribution in [0.3, 0.4) is 0 Å². The van der Waals surface area contributed by atoms with Crippen LogP contribution in [0.1, 0.15) is 37.4 Å². The van der Waals surface area contributed by atoms with Crippen molar-refractivity contribution in [2.45, 2.75) is 38.9 Å². The fourth-order valence-corrected chi connectivity index (χ4v) is 2.59. The Kier molecular flexibility index (Phi) is 4.56. The minimum atomic E-state index is -4.44. The topological polar surface area (TPSA) is 32.3 Å². The third-order valence-electron chi connectivity index (χ3n) is 3.38. The lowest BCUT2D eigenvalue weighted by Crippen LogP contribution is -2.43. The molecule has 6 heteroatoms. The number of benzene rings is 1. The molecule has 116 valence electrons. The molecule has 1 aromatic carbocycles. The second-order valence-corrected chi connectivity index (χ2v) is 5.77. The number of nitrogens with one attached hydrogen (secondary N) is 1. The van der Waals surface area contributed by atoms with E-state index in [1.165, 1.54) is 6.07 Å². The number of rotatable bonds is 4. The summed E-state index contributed by atoms with van der Waals surface area (Å²) in [6.45, 7) is 4.11. The van der Waals surface area contributed by atoms with Crippen LogP contribution in [0.5, 0.6) is 0 Å². The van der Waals surface area contributed by atoms with E-state index >= 15 is 0 Å². The number of hydrogen-bond acceptors (Lipinski definition) is 2. The van der Waals surface area contributed by atoms with Crippen LogP contribution in [0.2, 0.25) is 0 Å². The van der Waals surface area contributed by atoms with Crippen LogP contribution >= 0.6 is 0 Å². The molecule has 1 atom stereocenters. The highest BCUT2D eigenvalue weighted by Gasteiger charge is 2.46. The maximum atomic E-state index is 13.4. The molecule has 0 bridgehead atoms. The van der Waals surface area contributed by atoms with Crippen LogP contribution in [0.15, 0.2) is 24.3 Å². The molecule has 1 amide bonds. The monoisotopic (exact) mass is 300 g/mol. The Balaban J connectivity index is 2.31. The molecule has 0 aromatic heterocycles. The normalized spacial score (nSPS) is 18.1. The van der Waals surface area contributed by atoms with Gasteiger partial charge in [0, 0.05) is 13.0 Å². The average Bonchev–Trinajstić information content (AvgIpc) is 2.73. The van der Waals surface area contributed by atoms with Gasteiger partial charge in [-0.15, -0.1) is 0 Å². The van der Waals surface area contributed by atoms with Crippen molar-refractivity contribution in [3.05, 3.63) is 35.4 Å². The van der Waals surface area contributed by atoms with Gasteiger partial charge >= 0.3 is 6.18 Å². The van der Waals surface area contributed by atoms with Crippen molar-refractivity contribution in [1.82, 2.24) is 10.4 Å². The van der Waals surface area contributed by atoms with Crippen LogP contribution < -0.4 is 5.43 Å². The van der Waals surface area contributed by atoms with Gasteiger partial charge in [0.2, 0.25) is 5.91 Å². The highest BCUT2D eigenvalue weighted by atomic mass is 19.4. The smallest absolute Gasteiger partial charge is 0.288 e. The molecule has 0 spiro atoms. The number of hydrazine groups is 1. The maximum Gasteiger partial charge on any atom is 0.409 e. The first-order chi connectivity index (χ1) is 9.77. The van der Waals surface area contributed by atoms with Gasteiger partial charge in [0.25, 0.3) is 0 Å². The van der Waals surface area contributed by atoms with E-state index in [1.807, 2.05) is 19.9 Å². The van der Waals surface area contributed by atoms with Gasteiger partial charge in [-0.25, -0.2) is 5.01 Å². The number of alkyl halides is 3. The molecular weight excluding hydrogens is 281 g/mol. The van der Waals surface area contributed by atoms with E-state index < -0.39 is 12.2 Å². The highest BCUT2D eigenvalue weighted by molar-refractivity contribution is 5.77. The van der Waals surface area contributed by atoms with Gasteiger partial charge in [-0.3, -0.25) is 10.2 Å². The van der Waals surface area contributed by atoms with Crippen LogP contribution in [0, 0.1) is 5.92 Å². The minimum absolute atomic E-state index is 0.0669. The van der Waals surface area contributed by atoms with Gasteiger partial charge in [-0.2, -0.15) is 13.2 Å². The van der Waals surface area contributed by atoms with Gasteiger partial charge in [0.1, 0.15) is 6.04 Å². The van der Waals surface area contributed by atoms with E-state index in [0.717, 1.165) is 17.0 Å². The molecule has 0 radical (unpaired) electrons. The number of halogens is 3. The Labute approximate surface area is 122 Å². The summed E-state index contributed by atoms with van der Waals surface area (Å²) in [5, 5.41) is 0.983. The Morgan fingerprint density at radius 2 is 2.05 bits per heavy atom. The summed E-state index contributed by atoms with van der Waals surface area (Å²) < 4.78 is 40.2. The van der Waals surface area contributed by atoms with Crippen LogP contribution in [0.25, 0.3) is 0 Å². The first-order valence-electron chi connectivity index (χ1n) is 6.99. The zero-order valence-electron chi connectivity index (χ0n) is 12.1. The van der Waals surface area contributed by atoms with Crippen molar-refractivity contribution in [2.24, 2.45) is 5.92 Å². The van der Waals surface area contributed by atoms with Gasteiger partial charge in [0.15, 0.2) is 0 Å². The molecule has 0 aliphatic carbocycles. The molecule has 1 heterocycles. The second kappa shape index (κ2) is 6.05. The van der Waals surface area contributed by atoms with E-state index in [2.05, 4.69) is 5.43 Å². The number of carbonyl (C=O) groups is 1. The largest absolute Gasteiger partial charge is 0.409 e. The first kappa shape index (κ1) is 15.8. The van der Waals surface area contributed by atoms with Crippen molar-refractivity contribution in [1.29, 1.82) is 0 Å². The summed E-state index contributed by atoms with van der Waals surface area (Å²) in [5.74, 6) is -0.00124. The number of nitrogens with zero attached hydrogens (tertiary/aromatic N) is 1. The van der Waals surface area contributed by atoms with Crippen molar-refractivity contribution in [3.63, 3.8) is 0 Å². The van der Waals surface area contributed by atoms with Crippen molar-refractivity contribution in [3.8, 4) is 0 Å². The van der Waals surface area contributed by atoms with Gasteiger partial charge in [0.05, 0.1) is 0 Å². The third-order valence-corrected chi connectivity index (χ3v) is 3.38. The molecular formula is C15H19F3N2O. The van der Waals surface area contributed by atoms with Crippen molar-refractivity contribution < 1.29 is 18.0 Å². The van der Waals surface area contributed by atoms with Crippen LogP contribution in [-0.2, 0) is 11.2 Å². The molecule has 1 aromatic rings. The molecule has 1 N–H and O–H groups in total. The van der Waals surface area contributed by atoms with Crippen molar-refractivity contribution in [2.75, 3.05) is 6.54 Å². The number of amides is 1. The lowest BCUT2D eigenvalue weighted by atomic mass is 9.98. The standard InChI is InChI=1S/C15H19F3N2O/c1-10(2)8-11-4-3-5-12(9-11)14(15(16,17)18)20-7-6-13(21)19-20/h3-5,9-10,14H,6-8H2,1-2H3,(H,19,21). The number of hydrogen-bond donors (Lipinski definition) is 1. The Bertz CT molecular complexity index is 514. The van der Waals surface area contributed by atoms with Gasteiger partial charge in [-0.05, 0) is 23.5 Å². The van der Waals surface area contributed by atoms with Gasteiger partial charge < -0.3 is 0 Å². The fourth-order valence-electron chi connectivity index (χ4n) is 2.59. The Morgan fingerprint density at radius 1 is 1.33 bits per heavy atom. The summed E-state index contributed by atoms with van der Waals surface area (Å²) >= 11 is 0. The van der Waals surface area contributed by atoms with E-state index in [-0.39, 0.29) is 24.4 Å². The first-order valence-corrected chi connectivity index (χ1v) is 6.99. The summed E-state index contributed by atoms with van der Waals surface area (Å²) in [4.78, 5) is 11.2. The molecule has 1 aliphatic rings. The highest BCUT2D eigenvalue weighted by Crippen LogP contribution is 2.38. The quantitative estimate of drug-likeness (QED) is 0.926. The van der Waals surface area contributed by atoms with E-state index in [1.54, 1.807) is 12.1 Å². The van der Waals surface area contributed by atoms with E-state index in [0.29, 0.717) is 5.92 Å². The molecule has 3 nitrogen and oxygen atoms in total. The van der Waals surface area contributed by atoms with E-state index in [9.17, 15) is 18.0 Å². The summed E-state index contributed by atoms with van der Waals surface area (Å²) in [6, 6.07) is 4.73. The van der Waals surface area contributed by atoms with Gasteiger partial charge in [-0.1, -0.05) is 38.1 Å². The maximum absolute atomic E-state index is 13.4. The lowest BCUT2D eigenvalue weighted by molar-refractivity contribution is -0.191. The van der Waals surface area contributed by atoms with E-state index in [4.69, 9.17) is 0 Å². The zero-order valence-corrected chi connectivity index (χ0v) is 12.1. The minimum Gasteiger partial charge on any atom is -0.288 e. The summed E-state index contributed by atoms with van der Waals surface area (Å²) in [7, 11) is 0. The lowest BCUT2D eigenvalue weighted by Gasteiger charge is -2.29. The molecule has 1 unspecified atom stereocenters. The summed E-state index contributed by atoms with van der Waals surface area (Å²) in [5.41, 5.74) is 3.34. The predicted molar refractivity (Wildman–Crippen MR) is 73.2 cm³/mol. The summed E-state index contributed by atoms with van der Waals surface area (Å²) in [6.07, 6.45) is -3.61. The SMILES string of the molecule is CC(C)Cc1cccc(C(N2CCC(=O)N2)C(F)(F)F)c1.